The fourth-order valence-electron chi connectivity index (χ4n) is 1.91. The van der Waals surface area contributed by atoms with Crippen molar-refractivity contribution < 1.29 is 9.59 Å². The minimum Gasteiger partial charge on any atom is -0.399 e. The molecule has 0 atom stereocenters. The van der Waals surface area contributed by atoms with E-state index in [0.29, 0.717) is 18.8 Å². The highest BCUT2D eigenvalue weighted by Crippen LogP contribution is 2.07. The maximum atomic E-state index is 12.1. The summed E-state index contributed by atoms with van der Waals surface area (Å²) in [6.45, 7) is 5.30. The lowest BCUT2D eigenvalue weighted by molar-refractivity contribution is -0.138. The quantitative estimate of drug-likeness (QED) is 0.793. The van der Waals surface area contributed by atoms with E-state index in [1.54, 1.807) is 24.1 Å². The van der Waals surface area contributed by atoms with Gasteiger partial charge in [-0.3, -0.25) is 9.59 Å². The highest BCUT2D eigenvalue weighted by molar-refractivity contribution is 5.85. The summed E-state index contributed by atoms with van der Waals surface area (Å²) in [6, 6.07) is 7.19. The van der Waals surface area contributed by atoms with Crippen molar-refractivity contribution in [1.29, 1.82) is 0 Å². The first-order chi connectivity index (χ1) is 9.47. The normalized spacial score (nSPS) is 10.2. The van der Waals surface area contributed by atoms with Gasteiger partial charge < -0.3 is 15.5 Å². The summed E-state index contributed by atoms with van der Waals surface area (Å²) in [5.74, 6) is -0.0987. The summed E-state index contributed by atoms with van der Waals surface area (Å²) in [6.07, 6.45) is 0.280. The molecule has 110 valence electrons. The van der Waals surface area contributed by atoms with Gasteiger partial charge in [0, 0.05) is 25.8 Å². The number of nitrogens with two attached hydrogens (primary N) is 1. The lowest BCUT2D eigenvalue weighted by Crippen LogP contribution is -2.41. The summed E-state index contributed by atoms with van der Waals surface area (Å²) in [7, 11) is 1.65. The molecular formula is C15H23N3O2. The van der Waals surface area contributed by atoms with E-state index in [0.717, 1.165) is 5.56 Å². The molecule has 0 saturated carbocycles. The number of anilines is 1. The molecule has 0 fully saturated rings. The molecule has 1 aromatic carbocycles. The van der Waals surface area contributed by atoms with Gasteiger partial charge in [0.05, 0.1) is 13.0 Å². The third-order valence-electron chi connectivity index (χ3n) is 3.25. The Morgan fingerprint density at radius 2 is 1.60 bits per heavy atom. The Kier molecular flexibility index (Phi) is 6.03. The molecule has 1 aromatic rings. The first kappa shape index (κ1) is 16.0. The number of amides is 2. The summed E-state index contributed by atoms with van der Waals surface area (Å²) < 4.78 is 0. The Morgan fingerprint density at radius 3 is 2.10 bits per heavy atom. The van der Waals surface area contributed by atoms with E-state index in [9.17, 15) is 9.59 Å². The molecular weight excluding hydrogens is 254 g/mol. The van der Waals surface area contributed by atoms with Crippen molar-refractivity contribution in [1.82, 2.24) is 9.80 Å². The van der Waals surface area contributed by atoms with Crippen molar-refractivity contribution in [3.63, 3.8) is 0 Å². The molecule has 0 aliphatic carbocycles. The summed E-state index contributed by atoms with van der Waals surface area (Å²) >= 11 is 0. The van der Waals surface area contributed by atoms with Crippen molar-refractivity contribution in [3.8, 4) is 0 Å². The summed E-state index contributed by atoms with van der Waals surface area (Å²) in [5, 5.41) is 0. The topological polar surface area (TPSA) is 66.6 Å². The first-order valence-corrected chi connectivity index (χ1v) is 6.84. The molecule has 0 bridgehead atoms. The second-order valence-electron chi connectivity index (χ2n) is 4.73. The van der Waals surface area contributed by atoms with Gasteiger partial charge in [-0.1, -0.05) is 12.1 Å². The molecule has 2 amide bonds. The molecule has 5 heteroatoms. The minimum atomic E-state index is -0.0738. The number of hydrogen-bond acceptors (Lipinski definition) is 3. The van der Waals surface area contributed by atoms with Crippen LogP contribution in [0.15, 0.2) is 24.3 Å². The molecule has 20 heavy (non-hydrogen) atoms. The van der Waals surface area contributed by atoms with Gasteiger partial charge in [0.15, 0.2) is 0 Å². The fourth-order valence-corrected chi connectivity index (χ4v) is 1.91. The average molecular weight is 277 g/mol. The van der Waals surface area contributed by atoms with Gasteiger partial charge in [-0.15, -0.1) is 0 Å². The third-order valence-corrected chi connectivity index (χ3v) is 3.25. The third kappa shape index (κ3) is 4.57. The highest BCUT2D eigenvalue weighted by Gasteiger charge is 2.16. The summed E-state index contributed by atoms with van der Waals surface area (Å²) in [5.41, 5.74) is 7.17. The largest absolute Gasteiger partial charge is 0.399 e. The second-order valence-corrected chi connectivity index (χ2v) is 4.73. The number of hydrogen-bond donors (Lipinski definition) is 1. The van der Waals surface area contributed by atoms with E-state index in [1.807, 2.05) is 26.0 Å². The SMILES string of the molecule is CCN(CC)C(=O)CN(C)C(=O)Cc1ccc(N)cc1. The second kappa shape index (κ2) is 7.53. The number of nitrogens with zero attached hydrogens (tertiary/aromatic N) is 2. The van der Waals surface area contributed by atoms with Gasteiger partial charge in [-0.25, -0.2) is 0 Å². The molecule has 2 N–H and O–H groups in total. The van der Waals surface area contributed by atoms with E-state index in [1.165, 1.54) is 4.90 Å². The predicted molar refractivity (Wildman–Crippen MR) is 80.1 cm³/mol. The Hall–Kier alpha value is -2.04. The molecule has 0 saturated heterocycles. The molecule has 5 nitrogen and oxygen atoms in total. The lowest BCUT2D eigenvalue weighted by Gasteiger charge is -2.23. The zero-order chi connectivity index (χ0) is 15.1. The Balaban J connectivity index is 2.54. The van der Waals surface area contributed by atoms with Crippen LogP contribution in [-0.4, -0.2) is 48.3 Å². The van der Waals surface area contributed by atoms with Crippen LogP contribution in [0.2, 0.25) is 0 Å². The van der Waals surface area contributed by atoms with E-state index in [4.69, 9.17) is 5.73 Å². The van der Waals surface area contributed by atoms with Crippen LogP contribution in [0, 0.1) is 0 Å². The van der Waals surface area contributed by atoms with Gasteiger partial charge in [-0.05, 0) is 31.5 Å². The van der Waals surface area contributed by atoms with Crippen LogP contribution >= 0.6 is 0 Å². The van der Waals surface area contributed by atoms with Crippen LogP contribution in [-0.2, 0) is 16.0 Å². The van der Waals surface area contributed by atoms with Crippen molar-refractivity contribution in [2.24, 2.45) is 0 Å². The van der Waals surface area contributed by atoms with E-state index in [2.05, 4.69) is 0 Å². The van der Waals surface area contributed by atoms with Gasteiger partial charge in [-0.2, -0.15) is 0 Å². The smallest absolute Gasteiger partial charge is 0.242 e. The number of rotatable bonds is 6. The summed E-state index contributed by atoms with van der Waals surface area (Å²) in [4.78, 5) is 27.2. The molecule has 0 radical (unpaired) electrons. The maximum Gasteiger partial charge on any atom is 0.242 e. The molecule has 0 spiro atoms. The van der Waals surface area contributed by atoms with Gasteiger partial charge >= 0.3 is 0 Å². The fraction of sp³-hybridized carbons (Fsp3) is 0.467. The molecule has 1 rings (SSSR count). The zero-order valence-electron chi connectivity index (χ0n) is 12.4. The number of nitrogen functional groups attached to an aromatic ring is 1. The zero-order valence-corrected chi connectivity index (χ0v) is 12.4. The molecule has 0 aromatic heterocycles. The van der Waals surface area contributed by atoms with Crippen molar-refractivity contribution in [2.75, 3.05) is 32.4 Å². The van der Waals surface area contributed by atoms with Crippen molar-refractivity contribution in [2.45, 2.75) is 20.3 Å². The Bertz CT molecular complexity index is 453. The van der Waals surface area contributed by atoms with Gasteiger partial charge in [0.25, 0.3) is 0 Å². The van der Waals surface area contributed by atoms with E-state index >= 15 is 0 Å². The number of benzene rings is 1. The van der Waals surface area contributed by atoms with E-state index < -0.39 is 0 Å². The van der Waals surface area contributed by atoms with Gasteiger partial charge in [0.2, 0.25) is 11.8 Å². The molecule has 0 aliphatic heterocycles. The first-order valence-electron chi connectivity index (χ1n) is 6.84. The number of carbonyl (C=O) groups is 2. The highest BCUT2D eigenvalue weighted by atomic mass is 16.2. The molecule has 0 heterocycles. The minimum absolute atomic E-state index is 0.0249. The van der Waals surface area contributed by atoms with E-state index in [-0.39, 0.29) is 24.8 Å². The van der Waals surface area contributed by atoms with Crippen LogP contribution in [0.5, 0.6) is 0 Å². The number of carbonyl (C=O) groups excluding carboxylic acids is 2. The predicted octanol–water partition coefficient (Wildman–Crippen LogP) is 1.14. The lowest BCUT2D eigenvalue weighted by atomic mass is 10.1. The average Bonchev–Trinajstić information content (AvgIpc) is 2.42. The van der Waals surface area contributed by atoms with Gasteiger partial charge in [0.1, 0.15) is 0 Å². The van der Waals surface area contributed by atoms with Crippen LogP contribution in [0.25, 0.3) is 0 Å². The van der Waals surface area contributed by atoms with Crippen LogP contribution in [0.3, 0.4) is 0 Å². The Morgan fingerprint density at radius 1 is 1.05 bits per heavy atom. The Labute approximate surface area is 120 Å². The molecule has 0 unspecified atom stereocenters. The van der Waals surface area contributed by atoms with Crippen molar-refractivity contribution >= 4 is 17.5 Å². The monoisotopic (exact) mass is 277 g/mol. The van der Waals surface area contributed by atoms with Crippen molar-refractivity contribution in [3.05, 3.63) is 29.8 Å². The standard InChI is InChI=1S/C15H23N3O2/c1-4-18(5-2)15(20)11-17(3)14(19)10-12-6-8-13(16)9-7-12/h6-9H,4-5,10-11,16H2,1-3H3. The van der Waals surface area contributed by atoms with Crippen LogP contribution in [0.1, 0.15) is 19.4 Å². The molecule has 0 aliphatic rings. The van der Waals surface area contributed by atoms with Crippen LogP contribution in [0.4, 0.5) is 5.69 Å². The van der Waals surface area contributed by atoms with Crippen LogP contribution < -0.4 is 5.73 Å². The number of likely N-dealkylation sites (N-methyl/N-ethyl adjacent to an activating group) is 2. The maximum absolute atomic E-state index is 12.1.